The summed E-state index contributed by atoms with van der Waals surface area (Å²) in [6, 6.07) is 12.9. The van der Waals surface area contributed by atoms with Gasteiger partial charge in [-0.1, -0.05) is 12.1 Å². The van der Waals surface area contributed by atoms with Gasteiger partial charge in [0.05, 0.1) is 6.61 Å². The largest absolute Gasteiger partial charge is 0.490 e. The highest BCUT2D eigenvalue weighted by atomic mass is 16.5. The summed E-state index contributed by atoms with van der Waals surface area (Å²) in [4.78, 5) is 4.36. The molecule has 1 aromatic heterocycles. The van der Waals surface area contributed by atoms with Gasteiger partial charge in [0.15, 0.2) is 23.7 Å². The van der Waals surface area contributed by atoms with Crippen LogP contribution in [0, 0.1) is 0 Å². The summed E-state index contributed by atoms with van der Waals surface area (Å²) in [7, 11) is 0. The normalized spacial score (nSPS) is 10.7. The predicted octanol–water partition coefficient (Wildman–Crippen LogP) is 3.39. The van der Waals surface area contributed by atoms with Crippen LogP contribution in [0.15, 0.2) is 46.9 Å². The van der Waals surface area contributed by atoms with E-state index in [1.807, 2.05) is 37.3 Å². The number of fused-ring (bicyclic) bond motifs is 1. The van der Waals surface area contributed by atoms with Gasteiger partial charge in [-0.2, -0.15) is 0 Å². The van der Waals surface area contributed by atoms with Gasteiger partial charge in [0, 0.05) is 11.8 Å². The minimum absolute atomic E-state index is 0.235. The first-order valence-electron chi connectivity index (χ1n) is 6.76. The number of rotatable bonds is 5. The molecule has 0 radical (unpaired) electrons. The molecule has 0 saturated heterocycles. The van der Waals surface area contributed by atoms with Crippen LogP contribution in [-0.2, 0) is 6.61 Å². The lowest BCUT2D eigenvalue weighted by atomic mass is 10.3. The number of nitrogen functional groups attached to an aromatic ring is 1. The van der Waals surface area contributed by atoms with Gasteiger partial charge >= 0.3 is 0 Å². The lowest BCUT2D eigenvalue weighted by Crippen LogP contribution is -1.99. The number of hydrogen-bond donors (Lipinski definition) is 1. The lowest BCUT2D eigenvalue weighted by Gasteiger charge is -2.09. The van der Waals surface area contributed by atoms with Crippen molar-refractivity contribution in [3.63, 3.8) is 0 Å². The van der Waals surface area contributed by atoms with E-state index in [1.54, 1.807) is 12.1 Å². The van der Waals surface area contributed by atoms with E-state index in [4.69, 9.17) is 19.6 Å². The Morgan fingerprint density at radius 3 is 2.62 bits per heavy atom. The maximum atomic E-state index is 5.72. The molecule has 21 heavy (non-hydrogen) atoms. The first-order valence-corrected chi connectivity index (χ1v) is 6.76. The molecule has 0 fully saturated rings. The Bertz CT molecular complexity index is 752. The van der Waals surface area contributed by atoms with Gasteiger partial charge in [-0.15, -0.1) is 0 Å². The van der Waals surface area contributed by atoms with Crippen molar-refractivity contribution in [2.45, 2.75) is 13.5 Å². The van der Waals surface area contributed by atoms with Gasteiger partial charge in [-0.3, -0.25) is 0 Å². The number of benzene rings is 2. The van der Waals surface area contributed by atoms with Gasteiger partial charge in [0.1, 0.15) is 5.52 Å². The van der Waals surface area contributed by atoms with Crippen LogP contribution in [0.3, 0.4) is 0 Å². The maximum absolute atomic E-state index is 5.72. The van der Waals surface area contributed by atoms with Crippen LogP contribution < -0.4 is 15.2 Å². The summed E-state index contributed by atoms with van der Waals surface area (Å²) >= 11 is 0. The number of oxazole rings is 1. The number of nitrogens with zero attached hydrogens (tertiary/aromatic N) is 1. The van der Waals surface area contributed by atoms with Crippen LogP contribution in [0.25, 0.3) is 11.1 Å². The van der Waals surface area contributed by atoms with Crippen LogP contribution >= 0.6 is 0 Å². The van der Waals surface area contributed by atoms with Crippen molar-refractivity contribution in [1.82, 2.24) is 4.98 Å². The van der Waals surface area contributed by atoms with E-state index in [9.17, 15) is 0 Å². The standard InChI is InChI=1S/C16H16N2O3/c1-2-19-13-5-3-4-6-14(13)20-10-16-18-12-8-7-11(17)9-15(12)21-16/h3-9H,2,10,17H2,1H3. The molecule has 2 N–H and O–H groups in total. The molecule has 0 amide bonds. The molecule has 3 aromatic rings. The molecule has 108 valence electrons. The zero-order valence-electron chi connectivity index (χ0n) is 11.7. The molecule has 0 aliphatic heterocycles. The summed E-state index contributed by atoms with van der Waals surface area (Å²) in [5, 5.41) is 0. The van der Waals surface area contributed by atoms with Gasteiger partial charge in [-0.05, 0) is 31.2 Å². The SMILES string of the molecule is CCOc1ccccc1OCc1nc2ccc(N)cc2o1. The number of ether oxygens (including phenoxy) is 2. The smallest absolute Gasteiger partial charge is 0.233 e. The Morgan fingerprint density at radius 2 is 1.86 bits per heavy atom. The highest BCUT2D eigenvalue weighted by Crippen LogP contribution is 2.27. The van der Waals surface area contributed by atoms with E-state index < -0.39 is 0 Å². The molecule has 5 nitrogen and oxygen atoms in total. The summed E-state index contributed by atoms with van der Waals surface area (Å²) in [5.74, 6) is 1.88. The molecular weight excluding hydrogens is 268 g/mol. The van der Waals surface area contributed by atoms with E-state index >= 15 is 0 Å². The number of nitrogens with two attached hydrogens (primary N) is 1. The Kier molecular flexibility index (Phi) is 3.64. The van der Waals surface area contributed by atoms with Crippen molar-refractivity contribution in [2.24, 2.45) is 0 Å². The Balaban J connectivity index is 1.77. The lowest BCUT2D eigenvalue weighted by molar-refractivity contribution is 0.245. The monoisotopic (exact) mass is 284 g/mol. The topological polar surface area (TPSA) is 70.5 Å². The Labute approximate surface area is 122 Å². The van der Waals surface area contributed by atoms with Crippen LogP contribution in [-0.4, -0.2) is 11.6 Å². The zero-order valence-corrected chi connectivity index (χ0v) is 11.7. The van der Waals surface area contributed by atoms with Crippen molar-refractivity contribution in [1.29, 1.82) is 0 Å². The summed E-state index contributed by atoms with van der Waals surface area (Å²) in [5.41, 5.74) is 7.79. The minimum Gasteiger partial charge on any atom is -0.490 e. The second kappa shape index (κ2) is 5.75. The molecule has 3 rings (SSSR count). The fraction of sp³-hybridized carbons (Fsp3) is 0.188. The van der Waals surface area contributed by atoms with Gasteiger partial charge < -0.3 is 19.6 Å². The van der Waals surface area contributed by atoms with Crippen molar-refractivity contribution in [2.75, 3.05) is 12.3 Å². The third kappa shape index (κ3) is 2.91. The molecule has 0 unspecified atom stereocenters. The van der Waals surface area contributed by atoms with Crippen LogP contribution in [0.4, 0.5) is 5.69 Å². The highest BCUT2D eigenvalue weighted by Gasteiger charge is 2.09. The molecule has 0 saturated carbocycles. The van der Waals surface area contributed by atoms with E-state index in [0.717, 1.165) is 5.52 Å². The van der Waals surface area contributed by atoms with E-state index in [1.165, 1.54) is 0 Å². The first-order chi connectivity index (χ1) is 10.3. The van der Waals surface area contributed by atoms with Crippen molar-refractivity contribution in [3.05, 3.63) is 48.4 Å². The zero-order chi connectivity index (χ0) is 14.7. The third-order valence-corrected chi connectivity index (χ3v) is 2.96. The summed E-state index contributed by atoms with van der Waals surface area (Å²) < 4.78 is 16.8. The number of para-hydroxylation sites is 2. The van der Waals surface area contributed by atoms with Crippen molar-refractivity contribution in [3.8, 4) is 11.5 Å². The number of aromatic nitrogens is 1. The fourth-order valence-corrected chi connectivity index (χ4v) is 2.03. The van der Waals surface area contributed by atoms with Crippen LogP contribution in [0.1, 0.15) is 12.8 Å². The summed E-state index contributed by atoms with van der Waals surface area (Å²) in [6.45, 7) is 2.75. The molecule has 1 heterocycles. The molecule has 0 atom stereocenters. The second-order valence-corrected chi connectivity index (χ2v) is 4.50. The summed E-state index contributed by atoms with van der Waals surface area (Å²) in [6.07, 6.45) is 0. The number of hydrogen-bond acceptors (Lipinski definition) is 5. The average Bonchev–Trinajstić information content (AvgIpc) is 2.88. The van der Waals surface area contributed by atoms with Gasteiger partial charge in [-0.25, -0.2) is 4.98 Å². The second-order valence-electron chi connectivity index (χ2n) is 4.50. The van der Waals surface area contributed by atoms with E-state index in [2.05, 4.69) is 4.98 Å². The molecule has 0 aliphatic carbocycles. The van der Waals surface area contributed by atoms with Crippen LogP contribution in [0.2, 0.25) is 0 Å². The van der Waals surface area contributed by atoms with Gasteiger partial charge in [0.25, 0.3) is 0 Å². The fourth-order valence-electron chi connectivity index (χ4n) is 2.03. The van der Waals surface area contributed by atoms with Crippen molar-refractivity contribution >= 4 is 16.8 Å². The molecule has 0 aliphatic rings. The average molecular weight is 284 g/mol. The maximum Gasteiger partial charge on any atom is 0.233 e. The number of anilines is 1. The minimum atomic E-state index is 0.235. The third-order valence-electron chi connectivity index (χ3n) is 2.96. The molecule has 0 bridgehead atoms. The molecule has 5 heteroatoms. The highest BCUT2D eigenvalue weighted by molar-refractivity contribution is 5.76. The first kappa shape index (κ1) is 13.3. The molecule has 2 aromatic carbocycles. The van der Waals surface area contributed by atoms with Gasteiger partial charge in [0.2, 0.25) is 5.89 Å². The Hall–Kier alpha value is -2.69. The van der Waals surface area contributed by atoms with E-state index in [0.29, 0.717) is 35.3 Å². The predicted molar refractivity (Wildman–Crippen MR) is 80.4 cm³/mol. The molecule has 0 spiro atoms. The van der Waals surface area contributed by atoms with Crippen LogP contribution in [0.5, 0.6) is 11.5 Å². The Morgan fingerprint density at radius 1 is 1.10 bits per heavy atom. The quantitative estimate of drug-likeness (QED) is 0.727. The van der Waals surface area contributed by atoms with E-state index in [-0.39, 0.29) is 6.61 Å². The van der Waals surface area contributed by atoms with Crippen molar-refractivity contribution < 1.29 is 13.9 Å². The molecular formula is C16H16N2O3.